The Balaban J connectivity index is 1.68. The van der Waals surface area contributed by atoms with Gasteiger partial charge in [-0.05, 0) is 56.9 Å². The van der Waals surface area contributed by atoms with Crippen LogP contribution in [0.2, 0.25) is 0 Å². The molecule has 12 heteroatoms. The van der Waals surface area contributed by atoms with E-state index in [0.717, 1.165) is 6.07 Å². The van der Waals surface area contributed by atoms with Gasteiger partial charge in [0.25, 0.3) is 5.56 Å². The summed E-state index contributed by atoms with van der Waals surface area (Å²) >= 11 is 0. The molecule has 5 aromatic rings. The van der Waals surface area contributed by atoms with Crippen LogP contribution in [0.5, 0.6) is 11.5 Å². The topological polar surface area (TPSA) is 111 Å². The second kappa shape index (κ2) is 14.2. The molecule has 0 aliphatic heterocycles. The number of hydrogen-bond donors (Lipinski definition) is 2. The van der Waals surface area contributed by atoms with Crippen LogP contribution in [0.1, 0.15) is 18.5 Å². The smallest absolute Gasteiger partial charge is 0.259 e. The van der Waals surface area contributed by atoms with Crippen LogP contribution in [0, 0.1) is 11.6 Å². The Labute approximate surface area is 270 Å². The number of aromatic nitrogens is 3. The second-order valence-corrected chi connectivity index (χ2v) is 10.9. The zero-order valence-corrected chi connectivity index (χ0v) is 26.5. The number of ether oxygens (including phenoxy) is 2. The first-order valence-corrected chi connectivity index (χ1v) is 14.7. The van der Waals surface area contributed by atoms with E-state index < -0.39 is 28.8 Å². The maximum absolute atomic E-state index is 15.7. The molecule has 242 valence electrons. The number of anilines is 3. The van der Waals surface area contributed by atoms with Gasteiger partial charge in [0.15, 0.2) is 23.1 Å². The molecule has 5 rings (SSSR count). The third kappa shape index (κ3) is 7.12. The van der Waals surface area contributed by atoms with Crippen LogP contribution in [0.15, 0.2) is 90.0 Å². The Kier molecular flexibility index (Phi) is 9.91. The van der Waals surface area contributed by atoms with E-state index >= 15 is 8.78 Å². The van der Waals surface area contributed by atoms with Crippen LogP contribution in [-0.2, 0) is 4.79 Å². The number of pyridine rings is 3. The first-order chi connectivity index (χ1) is 22.6. The maximum atomic E-state index is 15.7. The molecule has 0 aliphatic rings. The van der Waals surface area contributed by atoms with Crippen LogP contribution < -0.4 is 25.7 Å². The summed E-state index contributed by atoms with van der Waals surface area (Å²) in [5.41, 5.74) is 0.0945. The summed E-state index contributed by atoms with van der Waals surface area (Å²) < 4.78 is 43.2. The molecule has 1 atom stereocenters. The SMILES string of the molecule is COc1cc(OC)c(F)c(-c2cc3cnc(Nc4ccccn4)cc3n(C(C)c3cccc(NC(=O)/C=C/CN(C)C)c3)c2=O)c1F. The number of benzene rings is 2. The number of amides is 1. The van der Waals surface area contributed by atoms with Crippen molar-refractivity contribution in [2.24, 2.45) is 0 Å². The summed E-state index contributed by atoms with van der Waals surface area (Å²) in [6, 6.07) is 15.9. The van der Waals surface area contributed by atoms with Crippen LogP contribution >= 0.6 is 0 Å². The molecule has 0 saturated carbocycles. The molecule has 47 heavy (non-hydrogen) atoms. The number of fused-ring (bicyclic) bond motifs is 1. The van der Waals surface area contributed by atoms with Gasteiger partial charge in [-0.3, -0.25) is 9.59 Å². The Bertz CT molecular complexity index is 1990. The summed E-state index contributed by atoms with van der Waals surface area (Å²) in [7, 11) is 6.28. The summed E-state index contributed by atoms with van der Waals surface area (Å²) in [5.74, 6) is -2.04. The van der Waals surface area contributed by atoms with E-state index in [9.17, 15) is 9.59 Å². The molecular formula is C35H34F2N6O4. The Morgan fingerprint density at radius 2 is 1.72 bits per heavy atom. The van der Waals surface area contributed by atoms with Gasteiger partial charge in [0.05, 0.1) is 36.9 Å². The average molecular weight is 641 g/mol. The molecule has 1 amide bonds. The molecule has 0 fully saturated rings. The van der Waals surface area contributed by atoms with E-state index in [-0.39, 0.29) is 23.0 Å². The lowest BCUT2D eigenvalue weighted by molar-refractivity contribution is -0.111. The van der Waals surface area contributed by atoms with Gasteiger partial charge >= 0.3 is 0 Å². The summed E-state index contributed by atoms with van der Waals surface area (Å²) in [5, 5.41) is 6.40. The molecule has 0 aliphatic carbocycles. The van der Waals surface area contributed by atoms with Gasteiger partial charge in [-0.1, -0.05) is 24.3 Å². The van der Waals surface area contributed by atoms with Crippen LogP contribution in [0.3, 0.4) is 0 Å². The molecule has 2 N–H and O–H groups in total. The summed E-state index contributed by atoms with van der Waals surface area (Å²) in [4.78, 5) is 37.6. The normalized spacial score (nSPS) is 12.0. The molecule has 10 nitrogen and oxygen atoms in total. The van der Waals surface area contributed by atoms with E-state index in [1.807, 2.05) is 25.1 Å². The van der Waals surface area contributed by atoms with Gasteiger partial charge in [-0.15, -0.1) is 0 Å². The van der Waals surface area contributed by atoms with Gasteiger partial charge in [0.1, 0.15) is 11.6 Å². The Hall–Kier alpha value is -5.62. The maximum Gasteiger partial charge on any atom is 0.259 e. The van der Waals surface area contributed by atoms with E-state index in [0.29, 0.717) is 40.3 Å². The van der Waals surface area contributed by atoms with Crippen LogP contribution in [-0.4, -0.2) is 60.2 Å². The molecule has 0 saturated heterocycles. The third-order valence-corrected chi connectivity index (χ3v) is 7.45. The zero-order valence-electron chi connectivity index (χ0n) is 26.5. The summed E-state index contributed by atoms with van der Waals surface area (Å²) in [6.45, 7) is 2.39. The van der Waals surface area contributed by atoms with Gasteiger partial charge < -0.3 is 29.6 Å². The standard InChI is InChI=1S/C35H34F2N6O4/c1-21(22-10-8-11-24(16-22)40-31(44)13-9-15-42(2)3)43-26-18-30(41-29-12-6-7-14-38-29)39-20-23(26)17-25(35(43)45)32-33(36)27(46-4)19-28(47-5)34(32)37/h6-14,16-21H,15H2,1-5H3,(H,40,44)(H,38,39,41)/b13-9+. The van der Waals surface area contributed by atoms with Crippen molar-refractivity contribution >= 4 is 34.1 Å². The predicted molar refractivity (Wildman–Crippen MR) is 179 cm³/mol. The Morgan fingerprint density at radius 3 is 2.38 bits per heavy atom. The van der Waals surface area contributed by atoms with Crippen molar-refractivity contribution in [1.82, 2.24) is 19.4 Å². The fraction of sp³-hybridized carbons (Fsp3) is 0.200. The quantitative estimate of drug-likeness (QED) is 0.165. The number of nitrogens with one attached hydrogen (secondary N) is 2. The number of hydrogen-bond acceptors (Lipinski definition) is 8. The highest BCUT2D eigenvalue weighted by atomic mass is 19.1. The summed E-state index contributed by atoms with van der Waals surface area (Å²) in [6.07, 6.45) is 6.33. The zero-order chi connectivity index (χ0) is 33.7. The molecule has 0 bridgehead atoms. The minimum absolute atomic E-state index is 0.251. The highest BCUT2D eigenvalue weighted by Crippen LogP contribution is 2.38. The van der Waals surface area contributed by atoms with Gasteiger partial charge in [-0.25, -0.2) is 18.7 Å². The molecule has 3 heterocycles. The van der Waals surface area contributed by atoms with Crippen molar-refractivity contribution in [3.05, 3.63) is 113 Å². The second-order valence-electron chi connectivity index (χ2n) is 10.9. The average Bonchev–Trinajstić information content (AvgIpc) is 3.05. The fourth-order valence-corrected chi connectivity index (χ4v) is 5.13. The lowest BCUT2D eigenvalue weighted by Crippen LogP contribution is -2.26. The highest BCUT2D eigenvalue weighted by Gasteiger charge is 2.26. The largest absolute Gasteiger partial charge is 0.494 e. The first kappa shape index (κ1) is 32.8. The van der Waals surface area contributed by atoms with E-state index in [1.54, 1.807) is 61.7 Å². The minimum atomic E-state index is -1.05. The van der Waals surface area contributed by atoms with Crippen molar-refractivity contribution in [2.45, 2.75) is 13.0 Å². The monoisotopic (exact) mass is 640 g/mol. The van der Waals surface area contributed by atoms with E-state index in [2.05, 4.69) is 20.6 Å². The number of carbonyl (C=O) groups excluding carboxylic acids is 1. The number of carbonyl (C=O) groups is 1. The van der Waals surface area contributed by atoms with Gasteiger partial charge in [0, 0.05) is 48.2 Å². The third-order valence-electron chi connectivity index (χ3n) is 7.45. The fourth-order valence-electron chi connectivity index (χ4n) is 5.13. The number of halogens is 2. The van der Waals surface area contributed by atoms with Crippen molar-refractivity contribution < 1.29 is 23.0 Å². The number of methoxy groups -OCH3 is 2. The molecule has 0 radical (unpaired) electrons. The number of likely N-dealkylation sites (N-methyl/N-ethyl adjacent to an activating group) is 1. The number of nitrogens with zero attached hydrogens (tertiary/aromatic N) is 4. The molecule has 2 aromatic carbocycles. The van der Waals surface area contributed by atoms with Crippen LogP contribution in [0.4, 0.5) is 26.1 Å². The molecule has 1 unspecified atom stereocenters. The highest BCUT2D eigenvalue weighted by molar-refractivity contribution is 5.99. The lowest BCUT2D eigenvalue weighted by atomic mass is 10.0. The van der Waals surface area contributed by atoms with Crippen LogP contribution in [0.25, 0.3) is 22.0 Å². The lowest BCUT2D eigenvalue weighted by Gasteiger charge is -2.22. The predicted octanol–water partition coefficient (Wildman–Crippen LogP) is 6.16. The van der Waals surface area contributed by atoms with Crippen molar-refractivity contribution in [3.63, 3.8) is 0 Å². The van der Waals surface area contributed by atoms with E-state index in [4.69, 9.17) is 9.47 Å². The minimum Gasteiger partial charge on any atom is -0.494 e. The first-order valence-electron chi connectivity index (χ1n) is 14.7. The van der Waals surface area contributed by atoms with Gasteiger partial charge in [0.2, 0.25) is 5.91 Å². The number of rotatable bonds is 11. The molecular weight excluding hydrogens is 606 g/mol. The van der Waals surface area contributed by atoms with Gasteiger partial charge in [-0.2, -0.15) is 0 Å². The van der Waals surface area contributed by atoms with E-state index in [1.165, 1.54) is 37.1 Å². The van der Waals surface area contributed by atoms with Crippen molar-refractivity contribution in [3.8, 4) is 22.6 Å². The van der Waals surface area contributed by atoms with Crippen molar-refractivity contribution in [1.29, 1.82) is 0 Å². The molecule has 0 spiro atoms. The van der Waals surface area contributed by atoms with Crippen molar-refractivity contribution in [2.75, 3.05) is 45.5 Å². The Morgan fingerprint density at radius 1 is 0.979 bits per heavy atom. The molecule has 3 aromatic heterocycles.